The van der Waals surface area contributed by atoms with Crippen molar-refractivity contribution in [1.82, 2.24) is 9.97 Å². The molecular formula is C9H6FN5Na2O3. The Morgan fingerprint density at radius 2 is 1.90 bits per heavy atom. The summed E-state index contributed by atoms with van der Waals surface area (Å²) < 4.78 is 13.3. The Morgan fingerprint density at radius 3 is 2.45 bits per heavy atom. The molecule has 0 saturated carbocycles. The average molecular weight is 297 g/mol. The van der Waals surface area contributed by atoms with Crippen LogP contribution in [0.15, 0.2) is 21.9 Å². The number of fused-ring (bicyclic) bond motifs is 1. The number of hydrogen-bond acceptors (Lipinski definition) is 5. The molecule has 8 nitrogen and oxygen atoms in total. The molecule has 0 saturated heterocycles. The van der Waals surface area contributed by atoms with Gasteiger partial charge in [-0.25, -0.2) is 0 Å². The summed E-state index contributed by atoms with van der Waals surface area (Å²) in [4.78, 5) is 28.9. The number of nitriles is 1. The summed E-state index contributed by atoms with van der Waals surface area (Å²) in [6.45, 7) is 0. The van der Waals surface area contributed by atoms with Crippen molar-refractivity contribution in [1.29, 1.82) is 5.26 Å². The fourth-order valence-electron chi connectivity index (χ4n) is 1.40. The molecule has 0 aliphatic heterocycles. The molecule has 1 aromatic heterocycles. The molecule has 0 unspecified atom stereocenters. The zero-order valence-electron chi connectivity index (χ0n) is 8.60. The van der Waals surface area contributed by atoms with Crippen molar-refractivity contribution in [2.24, 2.45) is 4.99 Å². The molecule has 0 amide bonds. The second kappa shape index (κ2) is 7.68. The van der Waals surface area contributed by atoms with Gasteiger partial charge in [-0.05, 0) is 0 Å². The van der Waals surface area contributed by atoms with E-state index in [0.717, 1.165) is 12.1 Å². The van der Waals surface area contributed by atoms with Crippen LogP contribution in [0.4, 0.5) is 10.1 Å². The third-order valence-electron chi connectivity index (χ3n) is 2.16. The van der Waals surface area contributed by atoms with Crippen molar-refractivity contribution >= 4 is 75.8 Å². The maximum absolute atomic E-state index is 13.3. The molecule has 2 aromatic rings. The molecule has 0 atom stereocenters. The fraction of sp³-hybridized carbons (Fsp3) is 0. The van der Waals surface area contributed by atoms with Crippen LogP contribution in [0, 0.1) is 27.4 Å². The standard InChI is InChI=1S/C9H4FN5O3.2Na.2H/c10-4-1-5-6(2-7(4)15(17)18)14-9(16)8(13-5)12-3-11;;;;/h1-2H,(H,12,13)(H,14,16);;;;. The second-order valence-electron chi connectivity index (χ2n) is 3.25. The van der Waals surface area contributed by atoms with Crippen LogP contribution < -0.4 is 11.0 Å². The summed E-state index contributed by atoms with van der Waals surface area (Å²) in [5.41, 5.74) is -1.66. The first-order chi connectivity index (χ1) is 8.52. The maximum atomic E-state index is 13.3. The SMILES string of the molecule is N#C/N=c1/[nH]c2cc(F)c([N+](=O)[O-])cc2[nH]c1=O.[NaH].[NaH]. The van der Waals surface area contributed by atoms with E-state index < -0.39 is 22.0 Å². The fourth-order valence-corrected chi connectivity index (χ4v) is 1.40. The van der Waals surface area contributed by atoms with Crippen molar-refractivity contribution in [3.8, 4) is 6.19 Å². The molecule has 0 fully saturated rings. The molecule has 0 radical (unpaired) electrons. The van der Waals surface area contributed by atoms with E-state index in [0.29, 0.717) is 0 Å². The van der Waals surface area contributed by atoms with Crippen LogP contribution in [0.2, 0.25) is 0 Å². The third kappa shape index (κ3) is 3.76. The van der Waals surface area contributed by atoms with Crippen LogP contribution >= 0.6 is 0 Å². The van der Waals surface area contributed by atoms with Crippen molar-refractivity contribution in [3.05, 3.63) is 43.9 Å². The van der Waals surface area contributed by atoms with E-state index in [1.54, 1.807) is 0 Å². The van der Waals surface area contributed by atoms with Crippen molar-refractivity contribution < 1.29 is 9.31 Å². The number of hydrogen-bond donors (Lipinski definition) is 2. The molecule has 20 heavy (non-hydrogen) atoms. The Morgan fingerprint density at radius 1 is 1.30 bits per heavy atom. The van der Waals surface area contributed by atoms with Crippen LogP contribution in [0.1, 0.15) is 0 Å². The Balaban J connectivity index is 0.00000180. The van der Waals surface area contributed by atoms with Gasteiger partial charge in [-0.2, -0.15) is 9.65 Å². The zero-order chi connectivity index (χ0) is 13.3. The zero-order valence-corrected chi connectivity index (χ0v) is 8.60. The van der Waals surface area contributed by atoms with E-state index in [9.17, 15) is 19.3 Å². The summed E-state index contributed by atoms with van der Waals surface area (Å²) in [6, 6.07) is 1.73. The average Bonchev–Trinajstić information content (AvgIpc) is 2.30. The molecule has 0 aliphatic rings. The summed E-state index contributed by atoms with van der Waals surface area (Å²) in [5.74, 6) is -1.06. The quantitative estimate of drug-likeness (QED) is 0.302. The van der Waals surface area contributed by atoms with Gasteiger partial charge in [0.2, 0.25) is 17.5 Å². The van der Waals surface area contributed by atoms with E-state index in [1.807, 2.05) is 0 Å². The predicted molar refractivity (Wildman–Crippen MR) is 71.0 cm³/mol. The minimum absolute atomic E-state index is 0. The number of nitrogens with one attached hydrogen (secondary N) is 2. The monoisotopic (exact) mass is 297 g/mol. The molecule has 0 spiro atoms. The van der Waals surface area contributed by atoms with Crippen molar-refractivity contribution in [2.75, 3.05) is 0 Å². The number of nitro benzene ring substituents is 1. The van der Waals surface area contributed by atoms with Crippen LogP contribution in [-0.4, -0.2) is 74.0 Å². The van der Waals surface area contributed by atoms with Crippen LogP contribution in [-0.2, 0) is 0 Å². The number of rotatable bonds is 1. The van der Waals surface area contributed by atoms with Gasteiger partial charge in [-0.1, -0.05) is 0 Å². The summed E-state index contributed by atoms with van der Waals surface area (Å²) in [6.07, 6.45) is 1.41. The van der Waals surface area contributed by atoms with Gasteiger partial charge in [0.05, 0.1) is 16.0 Å². The molecule has 0 bridgehead atoms. The molecule has 0 aliphatic carbocycles. The van der Waals surface area contributed by atoms with E-state index >= 15 is 0 Å². The first-order valence-electron chi connectivity index (χ1n) is 4.56. The topological polar surface area (TPSA) is 128 Å². The minimum atomic E-state index is -1.06. The van der Waals surface area contributed by atoms with Crippen molar-refractivity contribution in [3.63, 3.8) is 0 Å². The summed E-state index contributed by atoms with van der Waals surface area (Å²) in [5, 5.41) is 18.9. The van der Waals surface area contributed by atoms with Gasteiger partial charge in [0, 0.05) is 12.1 Å². The molecule has 11 heteroatoms. The van der Waals surface area contributed by atoms with Gasteiger partial charge in [-0.3, -0.25) is 14.9 Å². The van der Waals surface area contributed by atoms with Crippen LogP contribution in [0.5, 0.6) is 0 Å². The van der Waals surface area contributed by atoms with E-state index in [4.69, 9.17) is 5.26 Å². The molecule has 1 aromatic carbocycles. The first-order valence-corrected chi connectivity index (χ1v) is 4.56. The van der Waals surface area contributed by atoms with Gasteiger partial charge in [-0.15, -0.1) is 4.99 Å². The van der Waals surface area contributed by atoms with E-state index in [1.165, 1.54) is 6.19 Å². The normalized spacial score (nSPS) is 10.3. The Hall–Kier alpha value is -1.02. The van der Waals surface area contributed by atoms with Crippen LogP contribution in [0.25, 0.3) is 11.0 Å². The predicted octanol–water partition coefficient (Wildman–Crippen LogP) is -1.01. The number of H-pyrrole nitrogens is 2. The van der Waals surface area contributed by atoms with Gasteiger partial charge < -0.3 is 9.97 Å². The van der Waals surface area contributed by atoms with E-state index in [-0.39, 0.29) is 75.6 Å². The number of aromatic nitrogens is 2. The molecule has 94 valence electrons. The Kier molecular flexibility index (Phi) is 7.29. The Labute approximate surface area is 154 Å². The van der Waals surface area contributed by atoms with Crippen LogP contribution in [0.3, 0.4) is 0 Å². The van der Waals surface area contributed by atoms with E-state index in [2.05, 4.69) is 15.0 Å². The number of aromatic amines is 2. The second-order valence-corrected chi connectivity index (χ2v) is 3.25. The molecule has 1 heterocycles. The number of halogens is 1. The van der Waals surface area contributed by atoms with Gasteiger partial charge in [0.1, 0.15) is 0 Å². The summed E-state index contributed by atoms with van der Waals surface area (Å²) in [7, 11) is 0. The van der Waals surface area contributed by atoms with Gasteiger partial charge in [0.15, 0.2) is 0 Å². The summed E-state index contributed by atoms with van der Waals surface area (Å²) >= 11 is 0. The van der Waals surface area contributed by atoms with Crippen molar-refractivity contribution in [2.45, 2.75) is 0 Å². The molecular weight excluding hydrogens is 291 g/mol. The van der Waals surface area contributed by atoms with Gasteiger partial charge in [0.25, 0.3) is 5.56 Å². The number of nitro groups is 1. The number of benzene rings is 1. The molecule has 2 N–H and O–H groups in total. The van der Waals surface area contributed by atoms with Gasteiger partial charge >= 0.3 is 64.8 Å². The first kappa shape index (κ1) is 19.0. The third-order valence-corrected chi connectivity index (χ3v) is 2.16. The Bertz CT molecular complexity index is 823. The number of nitrogens with zero attached hydrogens (tertiary/aromatic N) is 3. The molecule has 2 rings (SSSR count).